The molecule has 0 aromatic carbocycles. The molecule has 0 bridgehead atoms. The van der Waals surface area contributed by atoms with E-state index in [9.17, 15) is 57.1 Å². The summed E-state index contributed by atoms with van der Waals surface area (Å²) in [5.74, 6) is -13.2. The van der Waals surface area contributed by atoms with Crippen LogP contribution in [0.2, 0.25) is 0 Å². The first-order valence-electron chi connectivity index (χ1n) is 5.15. The normalized spacial score (nSPS) is 18.6. The lowest BCUT2D eigenvalue weighted by molar-refractivity contribution is -0.528. The molecule has 146 valence electrons. The van der Waals surface area contributed by atoms with Gasteiger partial charge in [0.15, 0.2) is 0 Å². The molecule has 0 heterocycles. The second kappa shape index (κ2) is 6.70. The van der Waals surface area contributed by atoms with Gasteiger partial charge in [0, 0.05) is 0 Å². The van der Waals surface area contributed by atoms with Crippen molar-refractivity contribution < 1.29 is 71.7 Å². The molecule has 0 amide bonds. The van der Waals surface area contributed by atoms with Gasteiger partial charge in [0.05, 0.1) is 0 Å². The largest absolute Gasteiger partial charge is 0.458 e. The summed E-state index contributed by atoms with van der Waals surface area (Å²) in [5, 5.41) is 7.86. The van der Waals surface area contributed by atoms with Crippen LogP contribution in [0.5, 0.6) is 0 Å². The maximum absolute atomic E-state index is 13.3. The Bertz CT molecular complexity index is 422. The van der Waals surface area contributed by atoms with Crippen LogP contribution < -0.4 is 0 Å². The highest BCUT2D eigenvalue weighted by atomic mass is 19.4. The molecule has 0 aromatic heterocycles. The van der Waals surface area contributed by atoms with Gasteiger partial charge in [-0.05, 0) is 0 Å². The van der Waals surface area contributed by atoms with Gasteiger partial charge in [0.2, 0.25) is 0 Å². The van der Waals surface area contributed by atoms with Crippen molar-refractivity contribution in [3.05, 3.63) is 0 Å². The molecule has 0 fully saturated rings. The van der Waals surface area contributed by atoms with Gasteiger partial charge in [-0.25, -0.2) is 13.2 Å². The maximum atomic E-state index is 13.3. The summed E-state index contributed by atoms with van der Waals surface area (Å²) in [6, 6.07) is 0. The minimum absolute atomic E-state index is 1.77. The fraction of sp³-hybridized carbons (Fsp3) is 1.00. The number of alkyl halides is 13. The number of ether oxygens (including phenoxy) is 2. The molecular weight excluding hydrogens is 391 g/mol. The molecule has 2 unspecified atom stereocenters. The van der Waals surface area contributed by atoms with E-state index in [1.54, 1.807) is 4.74 Å². The average molecular weight is 396 g/mol. The third kappa shape index (κ3) is 4.33. The minimum Gasteiger partial charge on any atom is -0.390 e. The van der Waals surface area contributed by atoms with Crippen molar-refractivity contribution in [1.29, 1.82) is 0 Å². The van der Waals surface area contributed by atoms with Crippen LogP contribution in [-0.2, 0) is 9.47 Å². The topological polar surface area (TPSA) is 38.7 Å². The summed E-state index contributed by atoms with van der Waals surface area (Å²) in [6.45, 7) is -2.98. The number of hydrogen-bond donors (Lipinski definition) is 1. The Morgan fingerprint density at radius 1 is 0.750 bits per heavy atom. The summed E-state index contributed by atoms with van der Waals surface area (Å²) in [6.07, 6.45) is -30.2. The zero-order valence-corrected chi connectivity index (χ0v) is 10.5. The maximum Gasteiger partial charge on any atom is 0.458 e. The van der Waals surface area contributed by atoms with E-state index < -0.39 is 49.6 Å². The number of rotatable bonds is 8. The molecule has 0 rings (SSSR count). The molecule has 2 atom stereocenters. The second-order valence-corrected chi connectivity index (χ2v) is 3.89. The molecule has 0 aromatic rings. The van der Waals surface area contributed by atoms with E-state index in [4.69, 9.17) is 5.11 Å². The zero-order chi connectivity index (χ0) is 19.8. The third-order valence-electron chi connectivity index (χ3n) is 2.09. The average Bonchev–Trinajstić information content (AvgIpc) is 2.35. The molecule has 3 nitrogen and oxygen atoms in total. The molecular formula is C8H5F13O3. The Kier molecular flexibility index (Phi) is 6.41. The van der Waals surface area contributed by atoms with Gasteiger partial charge < -0.3 is 5.11 Å². The molecule has 0 aliphatic heterocycles. The van der Waals surface area contributed by atoms with Gasteiger partial charge in [-0.3, -0.25) is 9.47 Å². The van der Waals surface area contributed by atoms with Crippen molar-refractivity contribution in [2.75, 3.05) is 6.61 Å². The molecule has 1 N–H and O–H groups in total. The van der Waals surface area contributed by atoms with Gasteiger partial charge >= 0.3 is 30.2 Å². The van der Waals surface area contributed by atoms with Crippen LogP contribution in [0.1, 0.15) is 0 Å². The lowest BCUT2D eigenvalue weighted by atomic mass is 10.2. The van der Waals surface area contributed by atoms with E-state index >= 15 is 0 Å². The SMILES string of the molecule is OCC(F)(F)C(F)(F)OC(F)(C(F)(F)F)C(F)(F)OC(F)C(F)F. The fourth-order valence-corrected chi connectivity index (χ4v) is 0.894. The number of hydrogen-bond acceptors (Lipinski definition) is 3. The highest BCUT2D eigenvalue weighted by Crippen LogP contribution is 2.52. The third-order valence-corrected chi connectivity index (χ3v) is 2.09. The van der Waals surface area contributed by atoms with E-state index in [0.717, 1.165) is 0 Å². The van der Waals surface area contributed by atoms with E-state index in [2.05, 4.69) is 4.74 Å². The zero-order valence-electron chi connectivity index (χ0n) is 10.5. The van der Waals surface area contributed by atoms with E-state index in [1.165, 1.54) is 0 Å². The number of halogens is 13. The monoisotopic (exact) mass is 396 g/mol. The standard InChI is InChI=1S/C8H5F13O3/c9-2(10)3(11)23-8(20,21)5(14,6(15,16)17)24-7(18,19)4(12,13)1-22/h2-3,22H,1H2. The van der Waals surface area contributed by atoms with E-state index in [-0.39, 0.29) is 0 Å². The molecule has 16 heteroatoms. The first-order chi connectivity index (χ1) is 10.3. The Morgan fingerprint density at radius 2 is 1.17 bits per heavy atom. The van der Waals surface area contributed by atoms with Crippen molar-refractivity contribution in [3.63, 3.8) is 0 Å². The Labute approximate surface area is 122 Å². The summed E-state index contributed by atoms with van der Waals surface area (Å²) >= 11 is 0. The van der Waals surface area contributed by atoms with Crippen molar-refractivity contribution in [2.24, 2.45) is 0 Å². The molecule has 0 aliphatic rings. The molecule has 0 spiro atoms. The quantitative estimate of drug-likeness (QED) is 0.638. The van der Waals surface area contributed by atoms with E-state index in [0.29, 0.717) is 0 Å². The first-order valence-corrected chi connectivity index (χ1v) is 5.15. The van der Waals surface area contributed by atoms with Crippen molar-refractivity contribution in [2.45, 2.75) is 43.0 Å². The summed E-state index contributed by atoms with van der Waals surface area (Å²) in [7, 11) is 0. The van der Waals surface area contributed by atoms with Gasteiger partial charge in [0.1, 0.15) is 6.61 Å². The summed E-state index contributed by atoms with van der Waals surface area (Å²) in [5.41, 5.74) is 0. The van der Waals surface area contributed by atoms with Crippen LogP contribution in [0.4, 0.5) is 57.1 Å². The lowest BCUT2D eigenvalue weighted by Crippen LogP contribution is -2.64. The highest BCUT2D eigenvalue weighted by Gasteiger charge is 2.80. The van der Waals surface area contributed by atoms with E-state index in [1.807, 2.05) is 0 Å². The molecule has 24 heavy (non-hydrogen) atoms. The van der Waals surface area contributed by atoms with Crippen molar-refractivity contribution in [3.8, 4) is 0 Å². The van der Waals surface area contributed by atoms with Crippen LogP contribution in [-0.4, -0.2) is 54.7 Å². The molecule has 0 radical (unpaired) electrons. The van der Waals surface area contributed by atoms with Gasteiger partial charge in [-0.15, -0.1) is 0 Å². The van der Waals surface area contributed by atoms with Gasteiger partial charge in [-0.1, -0.05) is 0 Å². The van der Waals surface area contributed by atoms with Crippen molar-refractivity contribution in [1.82, 2.24) is 0 Å². The van der Waals surface area contributed by atoms with Crippen LogP contribution >= 0.6 is 0 Å². The van der Waals surface area contributed by atoms with Crippen LogP contribution in [0.15, 0.2) is 0 Å². The van der Waals surface area contributed by atoms with Gasteiger partial charge in [-0.2, -0.15) is 43.9 Å². The van der Waals surface area contributed by atoms with Crippen LogP contribution in [0, 0.1) is 0 Å². The predicted octanol–water partition coefficient (Wildman–Crippen LogP) is 3.62. The van der Waals surface area contributed by atoms with Gasteiger partial charge in [0.25, 0.3) is 12.8 Å². The number of aliphatic hydroxyl groups excluding tert-OH is 1. The Morgan fingerprint density at radius 3 is 1.46 bits per heavy atom. The van der Waals surface area contributed by atoms with Crippen molar-refractivity contribution >= 4 is 0 Å². The smallest absolute Gasteiger partial charge is 0.390 e. The highest BCUT2D eigenvalue weighted by molar-refractivity contribution is 4.91. The molecule has 0 saturated carbocycles. The van der Waals surface area contributed by atoms with Crippen LogP contribution in [0.25, 0.3) is 0 Å². The lowest BCUT2D eigenvalue weighted by Gasteiger charge is -2.37. The fourth-order valence-electron chi connectivity index (χ4n) is 0.894. The second-order valence-electron chi connectivity index (χ2n) is 3.89. The summed E-state index contributed by atoms with van der Waals surface area (Å²) < 4.78 is 166. The Balaban J connectivity index is 5.92. The first kappa shape index (κ1) is 23.0. The molecule has 0 saturated heterocycles. The molecule has 0 aliphatic carbocycles. The summed E-state index contributed by atoms with van der Waals surface area (Å²) in [4.78, 5) is 0. The van der Waals surface area contributed by atoms with Crippen LogP contribution in [0.3, 0.4) is 0 Å². The Hall–Kier alpha value is -1.03. The minimum atomic E-state index is -7.28. The number of aliphatic hydroxyl groups is 1. The predicted molar refractivity (Wildman–Crippen MR) is 44.9 cm³/mol.